The normalized spacial score (nSPS) is 18.9. The van der Waals surface area contributed by atoms with E-state index in [1.165, 1.54) is 0 Å². The second-order valence-corrected chi connectivity index (χ2v) is 8.22. The van der Waals surface area contributed by atoms with Gasteiger partial charge in [-0.15, -0.1) is 0 Å². The summed E-state index contributed by atoms with van der Waals surface area (Å²) >= 11 is 16.4. The average molecular weight is 473 g/mol. The lowest BCUT2D eigenvalue weighted by molar-refractivity contribution is -0.145. The first kappa shape index (κ1) is 20.5. The van der Waals surface area contributed by atoms with Gasteiger partial charge in [0.25, 0.3) is 0 Å². The Hall–Kier alpha value is -1.27. The van der Waals surface area contributed by atoms with Crippen molar-refractivity contribution in [2.45, 2.75) is 31.3 Å². The van der Waals surface area contributed by atoms with Crippen molar-refractivity contribution in [1.82, 2.24) is 4.90 Å². The number of aliphatic carboxylic acids is 1. The fourth-order valence-corrected chi connectivity index (χ4v) is 4.49. The Bertz CT molecular complexity index is 846. The van der Waals surface area contributed by atoms with E-state index in [0.29, 0.717) is 28.8 Å². The fourth-order valence-electron chi connectivity index (χ4n) is 3.70. The van der Waals surface area contributed by atoms with Gasteiger partial charge in [0.2, 0.25) is 0 Å². The summed E-state index contributed by atoms with van der Waals surface area (Å²) in [6.07, 6.45) is 2.41. The van der Waals surface area contributed by atoms with Crippen LogP contribution in [0.15, 0.2) is 40.9 Å². The van der Waals surface area contributed by atoms with Crippen molar-refractivity contribution < 1.29 is 14.6 Å². The van der Waals surface area contributed by atoms with Gasteiger partial charge in [0.1, 0.15) is 11.8 Å². The van der Waals surface area contributed by atoms with E-state index in [1.54, 1.807) is 13.2 Å². The molecule has 0 bridgehead atoms. The molecule has 144 valence electrons. The number of halogens is 3. The number of methoxy groups -OCH3 is 1. The summed E-state index contributed by atoms with van der Waals surface area (Å²) in [4.78, 5) is 14.0. The molecule has 0 aromatic heterocycles. The third kappa shape index (κ3) is 4.27. The highest BCUT2D eigenvalue weighted by Crippen LogP contribution is 2.43. The van der Waals surface area contributed by atoms with Crippen LogP contribution in [-0.4, -0.2) is 35.7 Å². The van der Waals surface area contributed by atoms with Crippen LogP contribution in [0.4, 0.5) is 0 Å². The first-order chi connectivity index (χ1) is 12.9. The average Bonchev–Trinajstić information content (AvgIpc) is 2.66. The summed E-state index contributed by atoms with van der Waals surface area (Å²) in [6, 6.07) is 10.2. The Morgan fingerprint density at radius 1 is 1.26 bits per heavy atom. The Morgan fingerprint density at radius 3 is 2.74 bits per heavy atom. The molecule has 2 aromatic rings. The van der Waals surface area contributed by atoms with Gasteiger partial charge in [-0.25, -0.2) is 0 Å². The maximum absolute atomic E-state index is 12.0. The zero-order valence-electron chi connectivity index (χ0n) is 14.8. The highest BCUT2D eigenvalue weighted by molar-refractivity contribution is 9.10. The van der Waals surface area contributed by atoms with E-state index >= 15 is 0 Å². The van der Waals surface area contributed by atoms with E-state index < -0.39 is 12.0 Å². The minimum absolute atomic E-state index is 0.384. The number of carbonyl (C=O) groups is 1. The van der Waals surface area contributed by atoms with E-state index in [0.717, 1.165) is 28.4 Å². The van der Waals surface area contributed by atoms with Gasteiger partial charge in [0, 0.05) is 10.0 Å². The van der Waals surface area contributed by atoms with Gasteiger partial charge in [0.15, 0.2) is 0 Å². The molecule has 0 spiro atoms. The van der Waals surface area contributed by atoms with Crippen molar-refractivity contribution in [3.63, 3.8) is 0 Å². The predicted molar refractivity (Wildman–Crippen MR) is 111 cm³/mol. The Morgan fingerprint density at radius 2 is 2.04 bits per heavy atom. The molecule has 27 heavy (non-hydrogen) atoms. The molecule has 0 amide bonds. The Kier molecular flexibility index (Phi) is 6.69. The van der Waals surface area contributed by atoms with Crippen LogP contribution in [-0.2, 0) is 4.79 Å². The van der Waals surface area contributed by atoms with Crippen LogP contribution in [0.1, 0.15) is 36.4 Å². The van der Waals surface area contributed by atoms with E-state index in [1.807, 2.05) is 35.2 Å². The largest absolute Gasteiger partial charge is 0.496 e. The van der Waals surface area contributed by atoms with Crippen LogP contribution in [0.3, 0.4) is 0 Å². The first-order valence-corrected chi connectivity index (χ1v) is 10.2. The third-order valence-electron chi connectivity index (χ3n) is 4.92. The summed E-state index contributed by atoms with van der Waals surface area (Å²) in [7, 11) is 1.61. The molecular formula is C20H20BrCl2NO3. The van der Waals surface area contributed by atoms with Crippen molar-refractivity contribution in [2.75, 3.05) is 13.7 Å². The van der Waals surface area contributed by atoms with Crippen LogP contribution in [0.2, 0.25) is 10.0 Å². The van der Waals surface area contributed by atoms with Gasteiger partial charge in [-0.2, -0.15) is 0 Å². The van der Waals surface area contributed by atoms with Crippen LogP contribution in [0, 0.1) is 0 Å². The summed E-state index contributed by atoms with van der Waals surface area (Å²) in [5.41, 5.74) is 1.62. The van der Waals surface area contributed by atoms with E-state index in [-0.39, 0.29) is 6.04 Å². The zero-order chi connectivity index (χ0) is 19.6. The molecule has 7 heteroatoms. The van der Waals surface area contributed by atoms with Crippen molar-refractivity contribution in [3.8, 4) is 5.75 Å². The molecule has 1 heterocycles. The number of piperidine rings is 1. The zero-order valence-corrected chi connectivity index (χ0v) is 17.9. The van der Waals surface area contributed by atoms with Gasteiger partial charge in [-0.05, 0) is 49.2 Å². The molecule has 2 atom stereocenters. The van der Waals surface area contributed by atoms with Gasteiger partial charge in [0.05, 0.1) is 23.2 Å². The quantitative estimate of drug-likeness (QED) is 0.597. The van der Waals surface area contributed by atoms with Crippen LogP contribution in [0.25, 0.3) is 0 Å². The number of likely N-dealkylation sites (tertiary alicyclic amines) is 1. The summed E-state index contributed by atoms with van der Waals surface area (Å²) in [5, 5.41) is 10.7. The van der Waals surface area contributed by atoms with Crippen LogP contribution >= 0.6 is 39.1 Å². The smallest absolute Gasteiger partial charge is 0.320 e. The highest BCUT2D eigenvalue weighted by Gasteiger charge is 2.37. The minimum atomic E-state index is -0.827. The number of benzene rings is 2. The predicted octanol–water partition coefficient (Wildman–Crippen LogP) is 5.79. The van der Waals surface area contributed by atoms with Crippen LogP contribution in [0.5, 0.6) is 5.75 Å². The number of carboxylic acid groups (broad SMARTS) is 1. The summed E-state index contributed by atoms with van der Waals surface area (Å²) < 4.78 is 6.47. The second-order valence-electron chi connectivity index (χ2n) is 6.52. The molecule has 4 nitrogen and oxygen atoms in total. The summed E-state index contributed by atoms with van der Waals surface area (Å²) in [5.74, 6) is -0.152. The van der Waals surface area contributed by atoms with Crippen molar-refractivity contribution >= 4 is 45.1 Å². The lowest BCUT2D eigenvalue weighted by Crippen LogP contribution is -2.47. The highest BCUT2D eigenvalue weighted by atomic mass is 79.9. The molecule has 1 N–H and O–H groups in total. The topological polar surface area (TPSA) is 49.8 Å². The molecule has 0 saturated carbocycles. The number of carboxylic acids is 1. The maximum atomic E-state index is 12.0. The lowest BCUT2D eigenvalue weighted by Gasteiger charge is -2.40. The van der Waals surface area contributed by atoms with Gasteiger partial charge in [-0.1, -0.05) is 57.7 Å². The number of nitrogens with zero attached hydrogens (tertiary/aromatic N) is 1. The molecule has 2 aromatic carbocycles. The third-order valence-corrected chi connectivity index (χ3v) is 6.25. The maximum Gasteiger partial charge on any atom is 0.320 e. The van der Waals surface area contributed by atoms with E-state index in [4.69, 9.17) is 27.9 Å². The molecule has 0 aliphatic carbocycles. The summed E-state index contributed by atoms with van der Waals surface area (Å²) in [6.45, 7) is 0.653. The fraction of sp³-hybridized carbons (Fsp3) is 0.350. The Balaban J connectivity index is 2.22. The SMILES string of the molecule is COc1ccc(Br)cc1C(c1cccc(Cl)c1Cl)N1CCCCC1C(=O)O. The molecular weight excluding hydrogens is 453 g/mol. The number of hydrogen-bond donors (Lipinski definition) is 1. The van der Waals surface area contributed by atoms with Crippen molar-refractivity contribution in [2.24, 2.45) is 0 Å². The number of ether oxygens (including phenoxy) is 1. The second kappa shape index (κ2) is 8.82. The van der Waals surface area contributed by atoms with E-state index in [2.05, 4.69) is 15.9 Å². The molecule has 3 rings (SSSR count). The van der Waals surface area contributed by atoms with Crippen molar-refractivity contribution in [1.29, 1.82) is 0 Å². The Labute approximate surface area is 177 Å². The first-order valence-electron chi connectivity index (χ1n) is 8.70. The monoisotopic (exact) mass is 471 g/mol. The number of rotatable bonds is 5. The molecule has 1 aliphatic rings. The van der Waals surface area contributed by atoms with Crippen LogP contribution < -0.4 is 4.74 Å². The molecule has 2 unspecified atom stereocenters. The molecule has 1 aliphatic heterocycles. The van der Waals surface area contributed by atoms with Gasteiger partial charge >= 0.3 is 5.97 Å². The van der Waals surface area contributed by atoms with E-state index in [9.17, 15) is 9.90 Å². The van der Waals surface area contributed by atoms with Crippen molar-refractivity contribution in [3.05, 3.63) is 62.0 Å². The molecule has 1 fully saturated rings. The standard InChI is InChI=1S/C20H20BrCl2NO3/c1-27-17-9-8-12(21)11-14(17)19(13-5-4-6-15(22)18(13)23)24-10-3-2-7-16(24)20(25)26/h4-6,8-9,11,16,19H,2-3,7,10H2,1H3,(H,25,26). The number of hydrogen-bond acceptors (Lipinski definition) is 3. The minimum Gasteiger partial charge on any atom is -0.496 e. The van der Waals surface area contributed by atoms with Gasteiger partial charge < -0.3 is 9.84 Å². The van der Waals surface area contributed by atoms with Gasteiger partial charge in [-0.3, -0.25) is 9.69 Å². The molecule has 1 saturated heterocycles. The lowest BCUT2D eigenvalue weighted by atomic mass is 9.91. The molecule has 0 radical (unpaired) electrons.